The van der Waals surface area contributed by atoms with Gasteiger partial charge in [0, 0.05) is 24.5 Å². The molecular weight excluding hydrogens is 276 g/mol. The molecular formula is C14H18N2O3S. The van der Waals surface area contributed by atoms with Gasteiger partial charge in [-0.15, -0.1) is 11.3 Å². The molecule has 5 nitrogen and oxygen atoms in total. The molecule has 0 N–H and O–H groups in total. The third-order valence-corrected chi connectivity index (χ3v) is 4.17. The number of thiazole rings is 1. The van der Waals surface area contributed by atoms with Crippen molar-refractivity contribution in [3.05, 3.63) is 22.2 Å². The van der Waals surface area contributed by atoms with Gasteiger partial charge in [0.2, 0.25) is 5.91 Å². The lowest BCUT2D eigenvalue weighted by Gasteiger charge is -2.29. The fourth-order valence-corrected chi connectivity index (χ4v) is 2.80. The van der Waals surface area contributed by atoms with Gasteiger partial charge < -0.3 is 9.64 Å². The number of carbonyl (C=O) groups excluding carboxylic acids is 2. The van der Waals surface area contributed by atoms with Crippen LogP contribution in [0.4, 0.5) is 0 Å². The highest BCUT2D eigenvalue weighted by Gasteiger charge is 2.26. The Morgan fingerprint density at radius 2 is 2.15 bits per heavy atom. The summed E-state index contributed by atoms with van der Waals surface area (Å²) in [5, 5.41) is 2.90. The van der Waals surface area contributed by atoms with E-state index in [1.807, 2.05) is 12.3 Å². The molecule has 0 bridgehead atoms. The zero-order valence-corrected chi connectivity index (χ0v) is 12.5. The molecule has 6 heteroatoms. The zero-order chi connectivity index (χ0) is 14.5. The van der Waals surface area contributed by atoms with Gasteiger partial charge in [-0.05, 0) is 25.8 Å². The van der Waals surface area contributed by atoms with E-state index in [-0.39, 0.29) is 17.8 Å². The monoisotopic (exact) mass is 294 g/mol. The Kier molecular flexibility index (Phi) is 4.89. The molecule has 0 aliphatic carbocycles. The van der Waals surface area contributed by atoms with Gasteiger partial charge in [0.15, 0.2) is 0 Å². The van der Waals surface area contributed by atoms with Crippen LogP contribution in [0.2, 0.25) is 0 Å². The maximum Gasteiger partial charge on any atom is 0.308 e. The van der Waals surface area contributed by atoms with Gasteiger partial charge in [-0.25, -0.2) is 4.98 Å². The predicted molar refractivity (Wildman–Crippen MR) is 77.2 cm³/mol. The minimum atomic E-state index is -0.175. The van der Waals surface area contributed by atoms with Crippen LogP contribution in [-0.4, -0.2) is 42.0 Å². The first-order valence-corrected chi connectivity index (χ1v) is 7.45. The summed E-state index contributed by atoms with van der Waals surface area (Å²) in [7, 11) is 1.40. The average Bonchev–Trinajstić information content (AvgIpc) is 2.89. The third-order valence-electron chi connectivity index (χ3n) is 3.37. The summed E-state index contributed by atoms with van der Waals surface area (Å²) >= 11 is 1.56. The highest BCUT2D eigenvalue weighted by atomic mass is 32.1. The van der Waals surface area contributed by atoms with Crippen molar-refractivity contribution >= 4 is 29.3 Å². The fraction of sp³-hybridized carbons (Fsp3) is 0.500. The van der Waals surface area contributed by atoms with Crippen LogP contribution in [0.25, 0.3) is 6.08 Å². The average molecular weight is 294 g/mol. The lowest BCUT2D eigenvalue weighted by molar-refractivity contribution is -0.148. The normalized spacial score (nSPS) is 16.6. The largest absolute Gasteiger partial charge is 0.469 e. The molecule has 0 aromatic carbocycles. The molecule has 1 saturated heterocycles. The van der Waals surface area contributed by atoms with E-state index in [1.54, 1.807) is 28.4 Å². The van der Waals surface area contributed by atoms with Gasteiger partial charge in [-0.1, -0.05) is 0 Å². The predicted octanol–water partition coefficient (Wildman–Crippen LogP) is 1.88. The number of piperidine rings is 1. The van der Waals surface area contributed by atoms with Gasteiger partial charge in [-0.3, -0.25) is 9.59 Å². The first-order valence-electron chi connectivity index (χ1n) is 6.57. The van der Waals surface area contributed by atoms with Crippen molar-refractivity contribution in [3.8, 4) is 0 Å². The van der Waals surface area contributed by atoms with E-state index in [0.717, 1.165) is 10.7 Å². The number of ether oxygens (including phenoxy) is 1. The van der Waals surface area contributed by atoms with E-state index in [4.69, 9.17) is 4.74 Å². The standard InChI is InChI=1S/C14H18N2O3S/c1-10-15-12(9-20-10)3-4-13(17)16-7-5-11(6-8-16)14(18)19-2/h3-4,9,11H,5-8H2,1-2H3/b4-3+. The molecule has 1 amide bonds. The van der Waals surface area contributed by atoms with Crippen molar-refractivity contribution in [2.75, 3.05) is 20.2 Å². The second-order valence-electron chi connectivity index (χ2n) is 4.75. The summed E-state index contributed by atoms with van der Waals surface area (Å²) in [4.78, 5) is 29.5. The van der Waals surface area contributed by atoms with Crippen LogP contribution in [0.15, 0.2) is 11.5 Å². The van der Waals surface area contributed by atoms with Crippen LogP contribution in [-0.2, 0) is 14.3 Å². The van der Waals surface area contributed by atoms with Crippen LogP contribution in [0.5, 0.6) is 0 Å². The molecule has 1 aliphatic rings. The van der Waals surface area contributed by atoms with Crippen molar-refractivity contribution in [1.82, 2.24) is 9.88 Å². The first kappa shape index (κ1) is 14.7. The second-order valence-corrected chi connectivity index (χ2v) is 5.81. The number of nitrogens with zero attached hydrogens (tertiary/aromatic N) is 2. The van der Waals surface area contributed by atoms with E-state index < -0.39 is 0 Å². The molecule has 2 rings (SSSR count). The smallest absolute Gasteiger partial charge is 0.308 e. The molecule has 108 valence electrons. The van der Waals surface area contributed by atoms with Crippen molar-refractivity contribution in [2.24, 2.45) is 5.92 Å². The van der Waals surface area contributed by atoms with Crippen LogP contribution >= 0.6 is 11.3 Å². The van der Waals surface area contributed by atoms with Crippen molar-refractivity contribution in [3.63, 3.8) is 0 Å². The number of likely N-dealkylation sites (tertiary alicyclic amines) is 1. The van der Waals surface area contributed by atoms with Gasteiger partial charge in [-0.2, -0.15) is 0 Å². The molecule has 2 heterocycles. The van der Waals surface area contributed by atoms with Crippen LogP contribution in [0.1, 0.15) is 23.5 Å². The quantitative estimate of drug-likeness (QED) is 0.631. The molecule has 1 aromatic heterocycles. The third kappa shape index (κ3) is 3.66. The summed E-state index contributed by atoms with van der Waals surface area (Å²) in [5.41, 5.74) is 0.810. The van der Waals surface area contributed by atoms with Crippen LogP contribution < -0.4 is 0 Å². The number of esters is 1. The number of amides is 1. The topological polar surface area (TPSA) is 59.5 Å². The first-order chi connectivity index (χ1) is 9.60. The van der Waals surface area contributed by atoms with Gasteiger partial charge in [0.1, 0.15) is 0 Å². The summed E-state index contributed by atoms with van der Waals surface area (Å²) in [6.07, 6.45) is 4.62. The minimum absolute atomic E-state index is 0.0287. The molecule has 0 unspecified atom stereocenters. The van der Waals surface area contributed by atoms with Crippen molar-refractivity contribution in [2.45, 2.75) is 19.8 Å². The van der Waals surface area contributed by atoms with Gasteiger partial charge >= 0.3 is 5.97 Å². The summed E-state index contributed by atoms with van der Waals surface area (Å²) in [6.45, 7) is 3.12. The molecule has 1 aliphatic heterocycles. The lowest BCUT2D eigenvalue weighted by Crippen LogP contribution is -2.39. The molecule has 0 spiro atoms. The van der Waals surface area contributed by atoms with Gasteiger partial charge in [0.25, 0.3) is 0 Å². The molecule has 0 radical (unpaired) electrons. The Bertz CT molecular complexity index is 516. The number of aryl methyl sites for hydroxylation is 1. The zero-order valence-electron chi connectivity index (χ0n) is 11.7. The minimum Gasteiger partial charge on any atom is -0.469 e. The number of aromatic nitrogens is 1. The number of hydrogen-bond acceptors (Lipinski definition) is 5. The molecule has 20 heavy (non-hydrogen) atoms. The molecule has 1 fully saturated rings. The fourth-order valence-electron chi connectivity index (χ4n) is 2.22. The van der Waals surface area contributed by atoms with Crippen LogP contribution in [0.3, 0.4) is 0 Å². The lowest BCUT2D eigenvalue weighted by atomic mass is 9.97. The molecule has 0 atom stereocenters. The number of hydrogen-bond donors (Lipinski definition) is 0. The Morgan fingerprint density at radius 1 is 1.45 bits per heavy atom. The molecule has 1 aromatic rings. The number of rotatable bonds is 3. The van der Waals surface area contributed by atoms with Crippen LogP contribution in [0, 0.1) is 12.8 Å². The summed E-state index contributed by atoms with van der Waals surface area (Å²) in [6, 6.07) is 0. The Morgan fingerprint density at radius 3 is 2.70 bits per heavy atom. The SMILES string of the molecule is COC(=O)C1CCN(C(=O)/C=C/c2csc(C)n2)CC1. The summed E-state index contributed by atoms with van der Waals surface area (Å²) in [5.74, 6) is -0.279. The van der Waals surface area contributed by atoms with E-state index in [9.17, 15) is 9.59 Å². The Labute approximate surface area is 122 Å². The van der Waals surface area contributed by atoms with Crippen molar-refractivity contribution in [1.29, 1.82) is 0 Å². The summed E-state index contributed by atoms with van der Waals surface area (Å²) < 4.78 is 4.73. The number of carbonyl (C=O) groups is 2. The maximum absolute atomic E-state index is 12.0. The molecule has 0 saturated carbocycles. The number of methoxy groups -OCH3 is 1. The van der Waals surface area contributed by atoms with E-state index in [0.29, 0.717) is 25.9 Å². The Balaban J connectivity index is 1.86. The van der Waals surface area contributed by atoms with Gasteiger partial charge in [0.05, 0.1) is 23.7 Å². The maximum atomic E-state index is 12.0. The van der Waals surface area contributed by atoms with E-state index >= 15 is 0 Å². The highest BCUT2D eigenvalue weighted by Crippen LogP contribution is 2.19. The van der Waals surface area contributed by atoms with E-state index in [2.05, 4.69) is 4.98 Å². The van der Waals surface area contributed by atoms with Crippen molar-refractivity contribution < 1.29 is 14.3 Å². The highest BCUT2D eigenvalue weighted by molar-refractivity contribution is 7.09. The Hall–Kier alpha value is -1.69. The second kappa shape index (κ2) is 6.65. The van der Waals surface area contributed by atoms with E-state index in [1.165, 1.54) is 7.11 Å².